The Hall–Kier alpha value is -9.42. The van der Waals surface area contributed by atoms with E-state index in [0.717, 1.165) is 84.2 Å². The zero-order valence-corrected chi connectivity index (χ0v) is 66.6. The number of nitrogens with one attached hydrogen (secondary N) is 1. The quantitative estimate of drug-likeness (QED) is 0.0544. The summed E-state index contributed by atoms with van der Waals surface area (Å²) >= 11 is 16.9. The average Bonchev–Trinajstić information content (AvgIpc) is 1.57. The van der Waals surface area contributed by atoms with E-state index in [9.17, 15) is 24.0 Å². The Morgan fingerprint density at radius 1 is 0.473 bits per heavy atom. The number of fused-ring (bicyclic) bond motifs is 4. The molecule has 0 radical (unpaired) electrons. The number of hydrogen-bond donors (Lipinski definition) is 1. The van der Waals surface area contributed by atoms with Gasteiger partial charge in [0, 0.05) is 73.7 Å². The first-order valence-electron chi connectivity index (χ1n) is 36.9. The minimum Gasteiger partial charge on any atom is -0.434 e. The van der Waals surface area contributed by atoms with Gasteiger partial charge in [0.05, 0.1) is 24.4 Å². The summed E-state index contributed by atoms with van der Waals surface area (Å²) in [5.41, 5.74) is 10.2. The van der Waals surface area contributed by atoms with E-state index in [0.29, 0.717) is 19.5 Å². The molecule has 574 valence electrons. The number of hydrogen-bond acceptors (Lipinski definition) is 12. The highest BCUT2D eigenvalue weighted by Gasteiger charge is 2.53. The largest absolute Gasteiger partial charge is 0.434 e. The van der Waals surface area contributed by atoms with Crippen LogP contribution in [0.3, 0.4) is 0 Å². The van der Waals surface area contributed by atoms with Gasteiger partial charge < -0.3 is 10.1 Å². The van der Waals surface area contributed by atoms with Crippen LogP contribution in [0.5, 0.6) is 0 Å². The molecule has 0 saturated carbocycles. The summed E-state index contributed by atoms with van der Waals surface area (Å²) in [7, 11) is 0. The van der Waals surface area contributed by atoms with Gasteiger partial charge in [-0.1, -0.05) is 233 Å². The molecule has 14 aromatic rings. The Kier molecular flexibility index (Phi) is 29.0. The number of halogens is 3. The number of ether oxygens (including phenoxy) is 1. The molecule has 0 aliphatic carbocycles. The summed E-state index contributed by atoms with van der Waals surface area (Å²) in [6.07, 6.45) is 5.64. The predicted molar refractivity (Wildman–Crippen MR) is 471 cm³/mol. The number of nitrogens with zero attached hydrogens (tertiary/aromatic N) is 3. The molecule has 10 nitrogen and oxygen atoms in total. The molecule has 5 unspecified atom stereocenters. The van der Waals surface area contributed by atoms with E-state index in [4.69, 9.17) is 23.2 Å². The highest BCUT2D eigenvalue weighted by molar-refractivity contribution is 7.18. The average molecular weight is 1620 g/mol. The van der Waals surface area contributed by atoms with Crippen molar-refractivity contribution in [1.82, 2.24) is 20.0 Å². The summed E-state index contributed by atoms with van der Waals surface area (Å²) in [5.74, 6) is -0.738. The molecule has 18 rings (SSSR count). The number of benzene rings is 10. The first kappa shape index (κ1) is 83.5. The number of alkyl halides is 1. The summed E-state index contributed by atoms with van der Waals surface area (Å²) in [5, 5.41) is 17.1. The third-order valence-corrected chi connectivity index (χ3v) is 25.1. The molecule has 4 saturated heterocycles. The highest BCUT2D eigenvalue weighted by Crippen LogP contribution is 2.44. The molecule has 1 N–H and O–H groups in total. The first-order valence-corrected chi connectivity index (χ1v) is 41.3. The lowest BCUT2D eigenvalue weighted by molar-refractivity contribution is -0.141. The van der Waals surface area contributed by atoms with Crippen molar-refractivity contribution in [2.24, 2.45) is 0 Å². The molecule has 0 bridgehead atoms. The first-order chi connectivity index (χ1) is 53.2. The van der Waals surface area contributed by atoms with Gasteiger partial charge in [-0.25, -0.2) is 4.79 Å². The SMILES string of the molecule is C.C.CC(Cl)OC(=O)Cl.Cl.O=C1CC(Cc2ccccc2)(c2ccc3sccc3c2)C(=O)N1Cc1ccccc1.O=C1CC(c2ccc3sccc3c2)C(=O)N1Cc1ccccc1.c1ccc(CC2(c3ccc4sccc4c3)CCNC2)cc1.c1ccc(CN2CCC(Cc3ccccc3)(c3ccc4sccc4c3)C2)cc1. The molecule has 0 spiro atoms. The molecule has 5 atom stereocenters. The van der Waals surface area contributed by atoms with Crippen LogP contribution in [0.1, 0.15) is 109 Å². The molecule has 8 heterocycles. The van der Waals surface area contributed by atoms with Crippen LogP contribution in [0, 0.1) is 0 Å². The van der Waals surface area contributed by atoms with E-state index in [1.54, 1.807) is 22.7 Å². The van der Waals surface area contributed by atoms with Crippen molar-refractivity contribution in [3.63, 3.8) is 0 Å². The van der Waals surface area contributed by atoms with Gasteiger partial charge in [0.15, 0.2) is 5.56 Å². The fourth-order valence-corrected chi connectivity index (χ4v) is 19.2. The summed E-state index contributed by atoms with van der Waals surface area (Å²) < 4.78 is 9.30. The molecule has 4 aliphatic rings. The van der Waals surface area contributed by atoms with E-state index >= 15 is 0 Å². The molecule has 4 amide bonds. The van der Waals surface area contributed by atoms with Crippen LogP contribution >= 0.6 is 81.0 Å². The van der Waals surface area contributed by atoms with Crippen molar-refractivity contribution in [1.29, 1.82) is 0 Å². The van der Waals surface area contributed by atoms with Gasteiger partial charge in [0.25, 0.3) is 0 Å². The molecular weight excluding hydrogens is 1530 g/mol. The zero-order chi connectivity index (χ0) is 75.2. The topological polar surface area (TPSA) is 116 Å². The van der Waals surface area contributed by atoms with Crippen molar-refractivity contribution in [2.75, 3.05) is 26.2 Å². The maximum absolute atomic E-state index is 13.8. The number of carbonyl (C=O) groups excluding carboxylic acids is 5. The van der Waals surface area contributed by atoms with Gasteiger partial charge in [0.1, 0.15) is 0 Å². The second-order valence-electron chi connectivity index (χ2n) is 28.6. The third-order valence-electron chi connectivity index (χ3n) is 21.3. The van der Waals surface area contributed by atoms with E-state index in [-0.39, 0.29) is 80.5 Å². The van der Waals surface area contributed by atoms with Crippen LogP contribution in [0.25, 0.3) is 40.3 Å². The van der Waals surface area contributed by atoms with E-state index in [1.807, 2.05) is 149 Å². The van der Waals surface area contributed by atoms with Crippen molar-refractivity contribution >= 4 is 150 Å². The Morgan fingerprint density at radius 3 is 1.32 bits per heavy atom. The minimum absolute atomic E-state index is 0. The highest BCUT2D eigenvalue weighted by atomic mass is 35.5. The van der Waals surface area contributed by atoms with Crippen molar-refractivity contribution in [2.45, 2.75) is 114 Å². The van der Waals surface area contributed by atoms with Gasteiger partial charge in [-0.2, -0.15) is 0 Å². The van der Waals surface area contributed by atoms with Gasteiger partial charge in [0.2, 0.25) is 23.6 Å². The van der Waals surface area contributed by atoms with Crippen LogP contribution in [0.4, 0.5) is 4.79 Å². The Bertz CT molecular complexity index is 5410. The second kappa shape index (κ2) is 38.9. The Morgan fingerprint density at radius 2 is 0.875 bits per heavy atom. The number of imide groups is 2. The van der Waals surface area contributed by atoms with Gasteiger partial charge in [-0.15, -0.1) is 57.8 Å². The molecular formula is C95H93Cl3N4O6S4. The van der Waals surface area contributed by atoms with Crippen LogP contribution < -0.4 is 5.32 Å². The number of carbonyl (C=O) groups is 5. The third kappa shape index (κ3) is 20.1. The minimum atomic E-state index is -0.873. The summed E-state index contributed by atoms with van der Waals surface area (Å²) in [6, 6.07) is 97.2. The summed E-state index contributed by atoms with van der Waals surface area (Å²) in [6.45, 7) is 7.69. The fraction of sp³-hybridized carbons (Fsp3) is 0.232. The molecule has 17 heteroatoms. The zero-order valence-electron chi connectivity index (χ0n) is 61.0. The van der Waals surface area contributed by atoms with E-state index < -0.39 is 16.4 Å². The molecule has 4 aliphatic heterocycles. The van der Waals surface area contributed by atoms with Crippen LogP contribution in [-0.2, 0) is 79.1 Å². The molecule has 112 heavy (non-hydrogen) atoms. The van der Waals surface area contributed by atoms with Gasteiger partial charge in [-0.05, 0) is 224 Å². The smallest absolute Gasteiger partial charge is 0.405 e. The Labute approximate surface area is 690 Å². The number of thiophene rings is 4. The number of rotatable bonds is 17. The van der Waals surface area contributed by atoms with E-state index in [2.05, 4.69) is 189 Å². The second-order valence-corrected chi connectivity index (χ2v) is 33.4. The molecule has 4 fully saturated rings. The normalized spacial score (nSPS) is 18.7. The lowest BCUT2D eigenvalue weighted by Crippen LogP contribution is -2.39. The molecule has 10 aromatic carbocycles. The van der Waals surface area contributed by atoms with Crippen molar-refractivity contribution in [3.8, 4) is 0 Å². The van der Waals surface area contributed by atoms with Crippen molar-refractivity contribution < 1.29 is 28.7 Å². The monoisotopic (exact) mass is 1620 g/mol. The standard InChI is InChI=1S/C26H21NO2S.C26H25NS.C19H15NO2S.C19H19NS.C3H4Cl2O2.2CH4.ClH/c28-24-17-26(16-19-7-3-1-4-8-19,22-11-12-23-21(15-22)13-14-30-23)25(29)27(24)18-20-9-5-2-6-10-20;1-3-7-21(8-4-1)18-26(24-11-12-25-23(17-24)13-16-28-25)14-15-27(20-26)19-22-9-5-2-6-10-22;21-18-11-16(14-6-7-17-15(10-14)8-9-23-17)19(22)20(18)12-13-4-2-1-3-5-13;1-2-4-15(5-3-1)13-19(9-10-20-14-19)17-6-7-18-16(12-17)8-11-21-18;1-2(4)7-3(5)6;;;/h1-15H,16-18H2;1-13,16-17H,14-15,18-20H2;1-10,16H,11-12H2;1-8,11-12,20H,9-10,13-14H2;2H,1H3;2*1H4;1H. The van der Waals surface area contributed by atoms with Crippen LogP contribution in [-0.4, -0.2) is 75.5 Å². The lowest BCUT2D eigenvalue weighted by Gasteiger charge is -2.31. The Balaban J connectivity index is 0.000000143. The maximum atomic E-state index is 13.8. The predicted octanol–water partition coefficient (Wildman–Crippen LogP) is 23.6. The van der Waals surface area contributed by atoms with Crippen LogP contribution in [0.15, 0.2) is 301 Å². The van der Waals surface area contributed by atoms with Crippen molar-refractivity contribution in [3.05, 3.63) is 356 Å². The number of likely N-dealkylation sites (tertiary alicyclic amines) is 3. The van der Waals surface area contributed by atoms with Gasteiger partial charge >= 0.3 is 5.43 Å². The fourth-order valence-electron chi connectivity index (χ4n) is 15.8. The molecule has 4 aromatic heterocycles. The number of amides is 4. The van der Waals surface area contributed by atoms with Crippen LogP contribution in [0.2, 0.25) is 0 Å². The maximum Gasteiger partial charge on any atom is 0.405 e. The van der Waals surface area contributed by atoms with E-state index in [1.165, 1.54) is 87.0 Å². The lowest BCUT2D eigenvalue weighted by atomic mass is 9.74. The van der Waals surface area contributed by atoms with Gasteiger partial charge in [-0.3, -0.25) is 33.9 Å². The summed E-state index contributed by atoms with van der Waals surface area (Å²) in [4.78, 5) is 67.1.